The number of nitrogens with one attached hydrogen (secondary N) is 1. The van der Waals surface area contributed by atoms with E-state index in [9.17, 15) is 9.90 Å². The molecule has 0 saturated carbocycles. The fourth-order valence-electron chi connectivity index (χ4n) is 2.19. The molecule has 0 saturated heterocycles. The number of hydrogen-bond donors (Lipinski definition) is 2. The van der Waals surface area contributed by atoms with Gasteiger partial charge in [0.05, 0.1) is 11.8 Å². The van der Waals surface area contributed by atoms with Crippen molar-refractivity contribution >= 4 is 28.2 Å². The van der Waals surface area contributed by atoms with Crippen LogP contribution in [-0.4, -0.2) is 21.3 Å². The first-order valence-electron chi connectivity index (χ1n) is 6.46. The summed E-state index contributed by atoms with van der Waals surface area (Å²) < 4.78 is 0. The third-order valence-electron chi connectivity index (χ3n) is 3.30. The van der Waals surface area contributed by atoms with E-state index in [2.05, 4.69) is 15.5 Å². The number of carboxylic acid groups (broad SMARTS) is 1. The molecule has 104 valence electrons. The van der Waals surface area contributed by atoms with Gasteiger partial charge in [-0.1, -0.05) is 30.3 Å². The number of aromatic carboxylic acids is 1. The van der Waals surface area contributed by atoms with Crippen molar-refractivity contribution in [3.05, 3.63) is 59.8 Å². The summed E-state index contributed by atoms with van der Waals surface area (Å²) in [6.45, 7) is 1.77. The summed E-state index contributed by atoms with van der Waals surface area (Å²) in [5.74, 6) is -0.339. The molecular weight excluding hydrogens is 266 g/mol. The van der Waals surface area contributed by atoms with Gasteiger partial charge in [0, 0.05) is 16.5 Å². The molecule has 0 bridgehead atoms. The van der Waals surface area contributed by atoms with Gasteiger partial charge in [-0.25, -0.2) is 4.79 Å². The molecule has 0 spiro atoms. The molecule has 0 unspecified atom stereocenters. The lowest BCUT2D eigenvalue weighted by Crippen LogP contribution is -2.02. The minimum absolute atomic E-state index is 0.271. The zero-order valence-electron chi connectivity index (χ0n) is 11.4. The number of rotatable bonds is 3. The van der Waals surface area contributed by atoms with Crippen molar-refractivity contribution in [2.24, 2.45) is 0 Å². The van der Waals surface area contributed by atoms with Crippen LogP contribution in [0.15, 0.2) is 48.7 Å². The number of aryl methyl sites for hydroxylation is 1. The van der Waals surface area contributed by atoms with Crippen molar-refractivity contribution in [1.82, 2.24) is 10.2 Å². The standard InChI is InChI=1S/C16H13N3O2/c1-10-6-7-12(8-14(10)16(20)21)18-15-13-5-3-2-4-11(13)9-17-19-15/h2-9H,1H3,(H,18,19)(H,20,21). The van der Waals surface area contributed by atoms with Crippen LogP contribution >= 0.6 is 0 Å². The topological polar surface area (TPSA) is 75.1 Å². The fourth-order valence-corrected chi connectivity index (χ4v) is 2.19. The fraction of sp³-hybridized carbons (Fsp3) is 0.0625. The molecular formula is C16H13N3O2. The van der Waals surface area contributed by atoms with Crippen LogP contribution in [0.4, 0.5) is 11.5 Å². The van der Waals surface area contributed by atoms with Crippen LogP contribution in [0.5, 0.6) is 0 Å². The molecule has 5 heteroatoms. The summed E-state index contributed by atoms with van der Waals surface area (Å²) in [4.78, 5) is 11.2. The van der Waals surface area contributed by atoms with E-state index in [4.69, 9.17) is 0 Å². The van der Waals surface area contributed by atoms with E-state index in [1.54, 1.807) is 25.3 Å². The molecule has 0 aliphatic rings. The van der Waals surface area contributed by atoms with Crippen molar-refractivity contribution in [1.29, 1.82) is 0 Å². The molecule has 0 amide bonds. The van der Waals surface area contributed by atoms with E-state index in [0.717, 1.165) is 16.3 Å². The van der Waals surface area contributed by atoms with Crippen LogP contribution in [0.3, 0.4) is 0 Å². The largest absolute Gasteiger partial charge is 0.478 e. The van der Waals surface area contributed by atoms with Gasteiger partial charge in [-0.15, -0.1) is 5.10 Å². The van der Waals surface area contributed by atoms with Crippen LogP contribution in [0, 0.1) is 6.92 Å². The average Bonchev–Trinajstić information content (AvgIpc) is 2.49. The van der Waals surface area contributed by atoms with Crippen LogP contribution < -0.4 is 5.32 Å². The Morgan fingerprint density at radius 2 is 2.00 bits per heavy atom. The highest BCUT2D eigenvalue weighted by Crippen LogP contribution is 2.24. The maximum Gasteiger partial charge on any atom is 0.336 e. The van der Waals surface area contributed by atoms with Crippen LogP contribution in [0.2, 0.25) is 0 Å². The number of fused-ring (bicyclic) bond motifs is 1. The lowest BCUT2D eigenvalue weighted by molar-refractivity contribution is 0.0696. The number of hydrogen-bond acceptors (Lipinski definition) is 4. The predicted molar refractivity (Wildman–Crippen MR) is 81.0 cm³/mol. The number of nitrogens with zero attached hydrogens (tertiary/aromatic N) is 2. The molecule has 0 fully saturated rings. The number of carbonyl (C=O) groups is 1. The molecule has 3 rings (SSSR count). The van der Waals surface area contributed by atoms with Crippen LogP contribution in [0.25, 0.3) is 10.8 Å². The maximum atomic E-state index is 11.2. The highest BCUT2D eigenvalue weighted by molar-refractivity contribution is 5.94. The summed E-state index contributed by atoms with van der Waals surface area (Å²) in [6, 6.07) is 12.9. The smallest absolute Gasteiger partial charge is 0.336 e. The molecule has 3 aromatic rings. The maximum absolute atomic E-state index is 11.2. The lowest BCUT2D eigenvalue weighted by Gasteiger charge is -2.09. The Balaban J connectivity index is 2.03. The molecule has 0 aliphatic carbocycles. The summed E-state index contributed by atoms with van der Waals surface area (Å²) in [6.07, 6.45) is 1.69. The van der Waals surface area contributed by atoms with Gasteiger partial charge in [-0.2, -0.15) is 5.10 Å². The first-order valence-corrected chi connectivity index (χ1v) is 6.46. The highest BCUT2D eigenvalue weighted by Gasteiger charge is 2.09. The van der Waals surface area contributed by atoms with Gasteiger partial charge in [-0.3, -0.25) is 0 Å². The second kappa shape index (κ2) is 5.20. The predicted octanol–water partition coefficient (Wildman–Crippen LogP) is 3.38. The van der Waals surface area contributed by atoms with Crippen molar-refractivity contribution in [2.75, 3.05) is 5.32 Å². The first-order chi connectivity index (χ1) is 10.1. The molecule has 2 N–H and O–H groups in total. The van der Waals surface area contributed by atoms with E-state index < -0.39 is 5.97 Å². The van der Waals surface area contributed by atoms with Crippen molar-refractivity contribution < 1.29 is 9.90 Å². The normalized spacial score (nSPS) is 10.5. The summed E-state index contributed by atoms with van der Waals surface area (Å²) >= 11 is 0. The molecule has 2 aromatic carbocycles. The lowest BCUT2D eigenvalue weighted by atomic mass is 10.1. The summed E-state index contributed by atoms with van der Waals surface area (Å²) in [5, 5.41) is 22.3. The van der Waals surface area contributed by atoms with Gasteiger partial charge in [0.1, 0.15) is 0 Å². The molecule has 1 heterocycles. The van der Waals surface area contributed by atoms with Crippen molar-refractivity contribution in [2.45, 2.75) is 6.92 Å². The van der Waals surface area contributed by atoms with Crippen molar-refractivity contribution in [3.8, 4) is 0 Å². The Kier molecular flexibility index (Phi) is 3.23. The second-order valence-corrected chi connectivity index (χ2v) is 4.74. The van der Waals surface area contributed by atoms with E-state index >= 15 is 0 Å². The quantitative estimate of drug-likeness (QED) is 0.768. The highest BCUT2D eigenvalue weighted by atomic mass is 16.4. The number of benzene rings is 2. The van der Waals surface area contributed by atoms with E-state index in [1.165, 1.54) is 0 Å². The van der Waals surface area contributed by atoms with E-state index in [-0.39, 0.29) is 5.56 Å². The Bertz CT molecular complexity index is 825. The van der Waals surface area contributed by atoms with Gasteiger partial charge in [0.2, 0.25) is 0 Å². The first kappa shape index (κ1) is 13.1. The molecule has 5 nitrogen and oxygen atoms in total. The van der Waals surface area contributed by atoms with Gasteiger partial charge < -0.3 is 10.4 Å². The van der Waals surface area contributed by atoms with Crippen LogP contribution in [0.1, 0.15) is 15.9 Å². The Labute approximate surface area is 121 Å². The van der Waals surface area contributed by atoms with Gasteiger partial charge >= 0.3 is 5.97 Å². The molecule has 21 heavy (non-hydrogen) atoms. The second-order valence-electron chi connectivity index (χ2n) is 4.74. The number of aromatic nitrogens is 2. The average molecular weight is 279 g/mol. The Morgan fingerprint density at radius 3 is 2.81 bits per heavy atom. The van der Waals surface area contributed by atoms with Crippen LogP contribution in [-0.2, 0) is 0 Å². The zero-order chi connectivity index (χ0) is 14.8. The van der Waals surface area contributed by atoms with Crippen molar-refractivity contribution in [3.63, 3.8) is 0 Å². The molecule has 0 atom stereocenters. The van der Waals surface area contributed by atoms with Gasteiger partial charge in [0.15, 0.2) is 5.82 Å². The third kappa shape index (κ3) is 2.53. The zero-order valence-corrected chi connectivity index (χ0v) is 11.4. The Hall–Kier alpha value is -2.95. The minimum atomic E-state index is -0.944. The monoisotopic (exact) mass is 279 g/mol. The Morgan fingerprint density at radius 1 is 1.19 bits per heavy atom. The van der Waals surface area contributed by atoms with E-state index in [1.807, 2.05) is 30.3 Å². The summed E-state index contributed by atoms with van der Waals surface area (Å²) in [5.41, 5.74) is 1.66. The third-order valence-corrected chi connectivity index (χ3v) is 3.30. The SMILES string of the molecule is Cc1ccc(Nc2nncc3ccccc23)cc1C(=O)O. The number of anilines is 2. The molecule has 0 aliphatic heterocycles. The van der Waals surface area contributed by atoms with Gasteiger partial charge in [0.25, 0.3) is 0 Å². The molecule has 0 radical (unpaired) electrons. The van der Waals surface area contributed by atoms with E-state index in [0.29, 0.717) is 11.5 Å². The molecule has 1 aromatic heterocycles. The minimum Gasteiger partial charge on any atom is -0.478 e. The van der Waals surface area contributed by atoms with Gasteiger partial charge in [-0.05, 0) is 24.6 Å². The number of carboxylic acids is 1. The summed E-state index contributed by atoms with van der Waals surface area (Å²) in [7, 11) is 0.